The zero-order valence-electron chi connectivity index (χ0n) is 10.6. The summed E-state index contributed by atoms with van der Waals surface area (Å²) in [5.74, 6) is 0. The van der Waals surface area contributed by atoms with Crippen LogP contribution >= 0.6 is 0 Å². The van der Waals surface area contributed by atoms with Crippen LogP contribution in [0.3, 0.4) is 0 Å². The lowest BCUT2D eigenvalue weighted by Gasteiger charge is -2.34. The molecule has 0 aliphatic heterocycles. The van der Waals surface area contributed by atoms with E-state index in [1.54, 1.807) is 0 Å². The summed E-state index contributed by atoms with van der Waals surface area (Å²) in [7, 11) is 0. The van der Waals surface area contributed by atoms with Crippen molar-refractivity contribution in [3.63, 3.8) is 0 Å². The molecule has 2 rings (SSSR count). The summed E-state index contributed by atoms with van der Waals surface area (Å²) in [6, 6.07) is 10.5. The van der Waals surface area contributed by atoms with Gasteiger partial charge in [0.05, 0.1) is 0 Å². The topological polar surface area (TPSA) is 9.23 Å². The van der Waals surface area contributed by atoms with Gasteiger partial charge in [-0.25, -0.2) is 0 Å². The van der Waals surface area contributed by atoms with Gasteiger partial charge in [-0.1, -0.05) is 55.5 Å². The van der Waals surface area contributed by atoms with Gasteiger partial charge in [-0.3, -0.25) is 0 Å². The van der Waals surface area contributed by atoms with Crippen molar-refractivity contribution >= 4 is 0 Å². The summed E-state index contributed by atoms with van der Waals surface area (Å²) in [6.07, 6.45) is 8.65. The van der Waals surface area contributed by atoms with Gasteiger partial charge in [0.15, 0.2) is 0 Å². The molecule has 1 unspecified atom stereocenters. The first-order chi connectivity index (χ1) is 8.33. The lowest BCUT2D eigenvalue weighted by Crippen LogP contribution is -2.30. The molecule has 0 saturated carbocycles. The summed E-state index contributed by atoms with van der Waals surface area (Å²) in [4.78, 5) is 0. The predicted molar refractivity (Wildman–Crippen MR) is 71.9 cm³/mol. The predicted octanol–water partition coefficient (Wildman–Crippen LogP) is 4.21. The third-order valence-corrected chi connectivity index (χ3v) is 3.37. The quantitative estimate of drug-likeness (QED) is 0.733. The SMILES string of the molecule is CCOC(CC)(C1=CCC=C1)c1ccccc1. The van der Waals surface area contributed by atoms with Crippen LogP contribution in [0, 0.1) is 0 Å². The highest BCUT2D eigenvalue weighted by Gasteiger charge is 2.34. The molecule has 0 heterocycles. The molecular formula is C16H20O. The van der Waals surface area contributed by atoms with E-state index >= 15 is 0 Å². The summed E-state index contributed by atoms with van der Waals surface area (Å²) >= 11 is 0. The molecular weight excluding hydrogens is 208 g/mol. The second-order valence-electron chi connectivity index (χ2n) is 4.28. The van der Waals surface area contributed by atoms with Crippen molar-refractivity contribution in [1.29, 1.82) is 0 Å². The van der Waals surface area contributed by atoms with Gasteiger partial charge in [0.1, 0.15) is 5.60 Å². The number of hydrogen-bond donors (Lipinski definition) is 0. The van der Waals surface area contributed by atoms with Crippen LogP contribution in [0.25, 0.3) is 0 Å². The largest absolute Gasteiger partial charge is 0.366 e. The van der Waals surface area contributed by atoms with Crippen LogP contribution in [0.15, 0.2) is 54.1 Å². The maximum atomic E-state index is 6.13. The maximum absolute atomic E-state index is 6.13. The molecule has 0 saturated heterocycles. The molecule has 0 aromatic heterocycles. The number of benzene rings is 1. The number of rotatable bonds is 5. The average molecular weight is 228 g/mol. The van der Waals surface area contributed by atoms with Gasteiger partial charge >= 0.3 is 0 Å². The van der Waals surface area contributed by atoms with Crippen molar-refractivity contribution in [3.8, 4) is 0 Å². The van der Waals surface area contributed by atoms with Crippen molar-refractivity contribution in [3.05, 3.63) is 59.7 Å². The van der Waals surface area contributed by atoms with Crippen LogP contribution in [0.2, 0.25) is 0 Å². The van der Waals surface area contributed by atoms with E-state index in [2.05, 4.69) is 62.4 Å². The van der Waals surface area contributed by atoms with Crippen molar-refractivity contribution in [1.82, 2.24) is 0 Å². The number of hydrogen-bond acceptors (Lipinski definition) is 1. The van der Waals surface area contributed by atoms with Crippen molar-refractivity contribution in [2.24, 2.45) is 0 Å². The molecule has 17 heavy (non-hydrogen) atoms. The third kappa shape index (κ3) is 2.20. The monoisotopic (exact) mass is 228 g/mol. The van der Waals surface area contributed by atoms with E-state index in [0.29, 0.717) is 0 Å². The van der Waals surface area contributed by atoms with Gasteiger partial charge in [-0.2, -0.15) is 0 Å². The van der Waals surface area contributed by atoms with Gasteiger partial charge in [0.25, 0.3) is 0 Å². The Balaban J connectivity index is 2.45. The summed E-state index contributed by atoms with van der Waals surface area (Å²) in [5, 5.41) is 0. The van der Waals surface area contributed by atoms with E-state index in [1.807, 2.05) is 0 Å². The highest BCUT2D eigenvalue weighted by atomic mass is 16.5. The lowest BCUT2D eigenvalue weighted by atomic mass is 9.84. The Labute approximate surface area is 104 Å². The first-order valence-electron chi connectivity index (χ1n) is 6.40. The Morgan fingerprint density at radius 1 is 1.18 bits per heavy atom. The third-order valence-electron chi connectivity index (χ3n) is 3.37. The normalized spacial score (nSPS) is 17.9. The minimum Gasteiger partial charge on any atom is -0.366 e. The molecule has 1 aromatic rings. The first-order valence-corrected chi connectivity index (χ1v) is 6.40. The fourth-order valence-corrected chi connectivity index (χ4v) is 2.55. The van der Waals surface area contributed by atoms with E-state index in [1.165, 1.54) is 11.1 Å². The van der Waals surface area contributed by atoms with E-state index in [9.17, 15) is 0 Å². The van der Waals surface area contributed by atoms with Gasteiger partial charge in [-0.15, -0.1) is 0 Å². The van der Waals surface area contributed by atoms with Gasteiger partial charge < -0.3 is 4.74 Å². The Kier molecular flexibility index (Phi) is 3.80. The number of ether oxygens (including phenoxy) is 1. The zero-order valence-corrected chi connectivity index (χ0v) is 10.6. The number of allylic oxidation sites excluding steroid dienone is 2. The van der Waals surface area contributed by atoms with Crippen molar-refractivity contribution in [2.45, 2.75) is 32.3 Å². The smallest absolute Gasteiger partial charge is 0.117 e. The van der Waals surface area contributed by atoms with Crippen LogP contribution in [-0.2, 0) is 10.3 Å². The highest BCUT2D eigenvalue weighted by molar-refractivity contribution is 5.41. The fraction of sp³-hybridized carbons (Fsp3) is 0.375. The van der Waals surface area contributed by atoms with Gasteiger partial charge in [-0.05, 0) is 30.9 Å². The van der Waals surface area contributed by atoms with Crippen LogP contribution in [0.5, 0.6) is 0 Å². The Hall–Kier alpha value is -1.34. The molecule has 1 aromatic carbocycles. The Morgan fingerprint density at radius 3 is 2.47 bits per heavy atom. The zero-order chi connectivity index (χ0) is 12.1. The minimum absolute atomic E-state index is 0.261. The van der Waals surface area contributed by atoms with Gasteiger partial charge in [0.2, 0.25) is 0 Å². The lowest BCUT2D eigenvalue weighted by molar-refractivity contribution is -0.0145. The van der Waals surface area contributed by atoms with Crippen LogP contribution in [-0.4, -0.2) is 6.61 Å². The molecule has 0 spiro atoms. The van der Waals surface area contributed by atoms with E-state index in [0.717, 1.165) is 19.4 Å². The molecule has 0 radical (unpaired) electrons. The second kappa shape index (κ2) is 5.33. The molecule has 0 N–H and O–H groups in total. The molecule has 1 atom stereocenters. The molecule has 0 fully saturated rings. The van der Waals surface area contributed by atoms with Crippen molar-refractivity contribution < 1.29 is 4.74 Å². The maximum Gasteiger partial charge on any atom is 0.117 e. The Bertz CT molecular complexity index is 416. The summed E-state index contributed by atoms with van der Waals surface area (Å²) in [5.41, 5.74) is 2.29. The molecule has 0 bridgehead atoms. The molecule has 1 nitrogen and oxygen atoms in total. The first kappa shape index (κ1) is 12.1. The molecule has 1 heteroatoms. The van der Waals surface area contributed by atoms with Crippen LogP contribution in [0.1, 0.15) is 32.3 Å². The molecule has 1 aliphatic carbocycles. The minimum atomic E-state index is -0.261. The van der Waals surface area contributed by atoms with Crippen LogP contribution < -0.4 is 0 Å². The highest BCUT2D eigenvalue weighted by Crippen LogP contribution is 2.39. The molecule has 90 valence electrons. The average Bonchev–Trinajstić information content (AvgIpc) is 2.91. The van der Waals surface area contributed by atoms with E-state index in [-0.39, 0.29) is 5.60 Å². The van der Waals surface area contributed by atoms with E-state index in [4.69, 9.17) is 4.74 Å². The van der Waals surface area contributed by atoms with E-state index < -0.39 is 0 Å². The molecule has 0 amide bonds. The standard InChI is InChI=1S/C16H20O/c1-3-16(17-4-2,15-12-8-9-13-15)14-10-6-5-7-11-14/h5-8,10-13H,3-4,9H2,1-2H3. The summed E-state index contributed by atoms with van der Waals surface area (Å²) < 4.78 is 6.13. The molecule has 1 aliphatic rings. The fourth-order valence-electron chi connectivity index (χ4n) is 2.55. The summed E-state index contributed by atoms with van der Waals surface area (Å²) in [6.45, 7) is 4.98. The second-order valence-corrected chi connectivity index (χ2v) is 4.28. The van der Waals surface area contributed by atoms with Crippen LogP contribution in [0.4, 0.5) is 0 Å². The Morgan fingerprint density at radius 2 is 1.94 bits per heavy atom. The van der Waals surface area contributed by atoms with Crippen molar-refractivity contribution in [2.75, 3.05) is 6.61 Å². The van der Waals surface area contributed by atoms with Gasteiger partial charge in [0, 0.05) is 6.61 Å².